The van der Waals surface area contributed by atoms with Crippen LogP contribution in [0.1, 0.15) is 22.8 Å². The van der Waals surface area contributed by atoms with Crippen molar-refractivity contribution in [2.24, 2.45) is 0 Å². The molecule has 0 radical (unpaired) electrons. The summed E-state index contributed by atoms with van der Waals surface area (Å²) < 4.78 is 17.1. The number of para-hydroxylation sites is 2. The van der Waals surface area contributed by atoms with E-state index in [1.54, 1.807) is 18.2 Å². The number of carbonyl (C=O) groups is 1. The Balaban J connectivity index is 1.63. The number of nitrogens with one attached hydrogen (secondary N) is 1. The lowest BCUT2D eigenvalue weighted by Gasteiger charge is -2.14. The van der Waals surface area contributed by atoms with Gasteiger partial charge in [0.15, 0.2) is 11.5 Å². The van der Waals surface area contributed by atoms with Gasteiger partial charge in [-0.3, -0.25) is 4.79 Å². The van der Waals surface area contributed by atoms with Crippen LogP contribution >= 0.6 is 0 Å². The molecule has 0 aliphatic rings. The van der Waals surface area contributed by atoms with Crippen LogP contribution in [0.25, 0.3) is 0 Å². The summed E-state index contributed by atoms with van der Waals surface area (Å²) in [6.07, 6.45) is 0. The van der Waals surface area contributed by atoms with Gasteiger partial charge in [0, 0.05) is 11.3 Å². The maximum absolute atomic E-state index is 12.6. The molecule has 0 bridgehead atoms. The summed E-state index contributed by atoms with van der Waals surface area (Å²) in [4.78, 5) is 12.6. The summed E-state index contributed by atoms with van der Waals surface area (Å²) in [5.41, 5.74) is 2.29. The number of benzene rings is 3. The largest absolute Gasteiger partial charge is 0.490 e. The van der Waals surface area contributed by atoms with E-state index in [4.69, 9.17) is 14.2 Å². The average molecular weight is 391 g/mol. The van der Waals surface area contributed by atoms with Crippen LogP contribution in [0, 0.1) is 6.92 Å². The first kappa shape index (κ1) is 20.3. The normalized spacial score (nSPS) is 10.3. The van der Waals surface area contributed by atoms with Gasteiger partial charge in [0.1, 0.15) is 19.0 Å². The molecule has 150 valence electrons. The smallest absolute Gasteiger partial charge is 0.255 e. The summed E-state index contributed by atoms with van der Waals surface area (Å²) in [6, 6.07) is 22.4. The molecule has 0 atom stereocenters. The van der Waals surface area contributed by atoms with Gasteiger partial charge in [-0.15, -0.1) is 0 Å². The quantitative estimate of drug-likeness (QED) is 0.515. The van der Waals surface area contributed by atoms with E-state index in [9.17, 15) is 4.79 Å². The van der Waals surface area contributed by atoms with E-state index in [-0.39, 0.29) is 5.91 Å². The number of amides is 1. The Morgan fingerprint density at radius 1 is 0.828 bits per heavy atom. The first-order valence-electron chi connectivity index (χ1n) is 9.62. The molecule has 0 heterocycles. The molecule has 1 amide bonds. The van der Waals surface area contributed by atoms with Crippen LogP contribution in [0.4, 0.5) is 5.69 Å². The standard InChI is InChI=1S/C24H25NO4/c1-3-27-23-17-19(24(26)25-21-12-8-7-9-18(21)2)13-14-22(23)29-16-15-28-20-10-5-4-6-11-20/h4-14,17H,3,15-16H2,1-2H3,(H,25,26). The van der Waals surface area contributed by atoms with Gasteiger partial charge >= 0.3 is 0 Å². The van der Waals surface area contributed by atoms with E-state index in [2.05, 4.69) is 5.32 Å². The molecule has 1 N–H and O–H groups in total. The number of anilines is 1. The van der Waals surface area contributed by atoms with Crippen molar-refractivity contribution in [1.29, 1.82) is 0 Å². The van der Waals surface area contributed by atoms with Crippen molar-refractivity contribution in [1.82, 2.24) is 0 Å². The van der Waals surface area contributed by atoms with E-state index in [0.29, 0.717) is 36.9 Å². The zero-order chi connectivity index (χ0) is 20.5. The van der Waals surface area contributed by atoms with Crippen LogP contribution in [0.3, 0.4) is 0 Å². The number of aryl methyl sites for hydroxylation is 1. The molecule has 5 heteroatoms. The maximum atomic E-state index is 12.6. The van der Waals surface area contributed by atoms with E-state index < -0.39 is 0 Å². The maximum Gasteiger partial charge on any atom is 0.255 e. The molecule has 29 heavy (non-hydrogen) atoms. The third-order valence-corrected chi connectivity index (χ3v) is 4.25. The van der Waals surface area contributed by atoms with Gasteiger partial charge < -0.3 is 19.5 Å². The molecule has 0 aliphatic heterocycles. The summed E-state index contributed by atoms with van der Waals surface area (Å²) in [5, 5.41) is 2.93. The number of hydrogen-bond acceptors (Lipinski definition) is 4. The minimum Gasteiger partial charge on any atom is -0.490 e. The molecule has 0 saturated heterocycles. The Labute approximate surface area is 171 Å². The molecule has 0 spiro atoms. The zero-order valence-electron chi connectivity index (χ0n) is 16.7. The number of ether oxygens (including phenoxy) is 3. The van der Waals surface area contributed by atoms with Gasteiger partial charge in [-0.25, -0.2) is 0 Å². The topological polar surface area (TPSA) is 56.8 Å². The first-order valence-corrected chi connectivity index (χ1v) is 9.62. The molecule has 3 aromatic carbocycles. The SMILES string of the molecule is CCOc1cc(C(=O)Nc2ccccc2C)ccc1OCCOc1ccccc1. The van der Waals surface area contributed by atoms with Gasteiger partial charge in [-0.05, 0) is 55.8 Å². The Morgan fingerprint density at radius 3 is 2.31 bits per heavy atom. The van der Waals surface area contributed by atoms with E-state index in [1.165, 1.54) is 0 Å². The molecule has 0 aromatic heterocycles. The highest BCUT2D eigenvalue weighted by Gasteiger charge is 2.13. The molecular formula is C24H25NO4. The monoisotopic (exact) mass is 391 g/mol. The lowest BCUT2D eigenvalue weighted by atomic mass is 10.1. The highest BCUT2D eigenvalue weighted by Crippen LogP contribution is 2.29. The van der Waals surface area contributed by atoms with E-state index in [1.807, 2.05) is 68.4 Å². The van der Waals surface area contributed by atoms with Crippen molar-refractivity contribution in [3.63, 3.8) is 0 Å². The van der Waals surface area contributed by atoms with Crippen LogP contribution in [0.2, 0.25) is 0 Å². The molecular weight excluding hydrogens is 366 g/mol. The van der Waals surface area contributed by atoms with Crippen LogP contribution < -0.4 is 19.5 Å². The summed E-state index contributed by atoms with van der Waals surface area (Å²) in [7, 11) is 0. The molecule has 0 aliphatic carbocycles. The van der Waals surface area contributed by atoms with Crippen molar-refractivity contribution in [3.8, 4) is 17.2 Å². The van der Waals surface area contributed by atoms with E-state index in [0.717, 1.165) is 17.0 Å². The zero-order valence-corrected chi connectivity index (χ0v) is 16.7. The first-order chi connectivity index (χ1) is 14.2. The van der Waals surface area contributed by atoms with Crippen molar-refractivity contribution < 1.29 is 19.0 Å². The van der Waals surface area contributed by atoms with Crippen LogP contribution in [0.5, 0.6) is 17.2 Å². The second-order valence-electron chi connectivity index (χ2n) is 6.37. The fourth-order valence-electron chi connectivity index (χ4n) is 2.77. The highest BCUT2D eigenvalue weighted by molar-refractivity contribution is 6.05. The van der Waals surface area contributed by atoms with Gasteiger partial charge in [0.25, 0.3) is 5.91 Å². The average Bonchev–Trinajstić information content (AvgIpc) is 2.74. The second kappa shape index (κ2) is 10.2. The van der Waals surface area contributed by atoms with E-state index >= 15 is 0 Å². The van der Waals surface area contributed by atoms with Crippen LogP contribution in [0.15, 0.2) is 72.8 Å². The molecule has 3 aromatic rings. The lowest BCUT2D eigenvalue weighted by molar-refractivity contribution is 0.102. The van der Waals surface area contributed by atoms with Crippen molar-refractivity contribution >= 4 is 11.6 Å². The fourth-order valence-corrected chi connectivity index (χ4v) is 2.77. The minimum atomic E-state index is -0.195. The molecule has 0 fully saturated rings. The van der Waals surface area contributed by atoms with Crippen LogP contribution in [-0.4, -0.2) is 25.7 Å². The fraction of sp³-hybridized carbons (Fsp3) is 0.208. The predicted octanol–water partition coefficient (Wildman–Crippen LogP) is 5.10. The predicted molar refractivity (Wildman–Crippen MR) is 114 cm³/mol. The summed E-state index contributed by atoms with van der Waals surface area (Å²) in [6.45, 7) is 5.09. The molecule has 0 saturated carbocycles. The second-order valence-corrected chi connectivity index (χ2v) is 6.37. The number of rotatable bonds is 9. The lowest BCUT2D eigenvalue weighted by Crippen LogP contribution is -2.14. The minimum absolute atomic E-state index is 0.195. The Kier molecular flexibility index (Phi) is 7.11. The van der Waals surface area contributed by atoms with Gasteiger partial charge in [-0.2, -0.15) is 0 Å². The number of carbonyl (C=O) groups excluding carboxylic acids is 1. The van der Waals surface area contributed by atoms with Crippen molar-refractivity contribution in [2.45, 2.75) is 13.8 Å². The third-order valence-electron chi connectivity index (χ3n) is 4.25. The summed E-state index contributed by atoms with van der Waals surface area (Å²) >= 11 is 0. The molecule has 0 unspecified atom stereocenters. The summed E-state index contributed by atoms with van der Waals surface area (Å²) in [5.74, 6) is 1.71. The number of hydrogen-bond donors (Lipinski definition) is 1. The highest BCUT2D eigenvalue weighted by atomic mass is 16.5. The van der Waals surface area contributed by atoms with Crippen LogP contribution in [-0.2, 0) is 0 Å². The molecule has 3 rings (SSSR count). The van der Waals surface area contributed by atoms with Crippen molar-refractivity contribution in [2.75, 3.05) is 25.1 Å². The van der Waals surface area contributed by atoms with Gasteiger partial charge in [-0.1, -0.05) is 36.4 Å². The van der Waals surface area contributed by atoms with Crippen molar-refractivity contribution in [3.05, 3.63) is 83.9 Å². The molecule has 5 nitrogen and oxygen atoms in total. The Bertz CT molecular complexity index is 941. The Morgan fingerprint density at radius 2 is 1.55 bits per heavy atom. The van der Waals surface area contributed by atoms with Gasteiger partial charge in [0.2, 0.25) is 0 Å². The Hall–Kier alpha value is -3.47. The third kappa shape index (κ3) is 5.75. The van der Waals surface area contributed by atoms with Gasteiger partial charge in [0.05, 0.1) is 6.61 Å².